The molecule has 0 spiro atoms. The van der Waals surface area contributed by atoms with Crippen molar-refractivity contribution in [3.63, 3.8) is 0 Å². The standard InChI is InChI=1S/C11H8BrFN2O/c12-10-4-5-11(16)15(14-10)7-8-2-1-3-9(13)6-8/h1-6H,7H2. The summed E-state index contributed by atoms with van der Waals surface area (Å²) in [5.74, 6) is -0.319. The third-order valence-corrected chi connectivity index (χ3v) is 2.48. The molecule has 82 valence electrons. The van der Waals surface area contributed by atoms with Crippen molar-refractivity contribution in [3.8, 4) is 0 Å². The highest BCUT2D eigenvalue weighted by Gasteiger charge is 2.01. The zero-order valence-corrected chi connectivity index (χ0v) is 9.82. The third-order valence-electron chi connectivity index (χ3n) is 2.06. The first-order valence-corrected chi connectivity index (χ1v) is 5.42. The highest BCUT2D eigenvalue weighted by Crippen LogP contribution is 2.05. The lowest BCUT2D eigenvalue weighted by atomic mass is 10.2. The van der Waals surface area contributed by atoms with Crippen molar-refractivity contribution in [2.75, 3.05) is 0 Å². The van der Waals surface area contributed by atoms with Gasteiger partial charge in [-0.05, 0) is 39.7 Å². The van der Waals surface area contributed by atoms with E-state index in [9.17, 15) is 9.18 Å². The fourth-order valence-corrected chi connectivity index (χ4v) is 1.67. The molecule has 1 aromatic carbocycles. The molecule has 16 heavy (non-hydrogen) atoms. The van der Waals surface area contributed by atoms with Crippen LogP contribution in [0.2, 0.25) is 0 Å². The van der Waals surface area contributed by atoms with E-state index in [1.165, 1.54) is 22.9 Å². The van der Waals surface area contributed by atoms with Gasteiger partial charge in [-0.2, -0.15) is 5.10 Å². The van der Waals surface area contributed by atoms with E-state index in [-0.39, 0.29) is 17.9 Å². The number of benzene rings is 1. The molecule has 0 aliphatic rings. The number of hydrogen-bond donors (Lipinski definition) is 0. The highest BCUT2D eigenvalue weighted by atomic mass is 79.9. The van der Waals surface area contributed by atoms with Crippen LogP contribution in [0.15, 0.2) is 45.8 Å². The Morgan fingerprint density at radius 1 is 1.31 bits per heavy atom. The van der Waals surface area contributed by atoms with Gasteiger partial charge in [0.05, 0.1) is 6.54 Å². The summed E-state index contributed by atoms with van der Waals surface area (Å²) in [7, 11) is 0. The topological polar surface area (TPSA) is 34.9 Å². The second-order valence-electron chi connectivity index (χ2n) is 3.28. The molecule has 0 atom stereocenters. The van der Waals surface area contributed by atoms with E-state index in [0.29, 0.717) is 10.2 Å². The van der Waals surface area contributed by atoms with E-state index < -0.39 is 0 Å². The van der Waals surface area contributed by atoms with Crippen LogP contribution in [0.3, 0.4) is 0 Å². The third kappa shape index (κ3) is 2.55. The van der Waals surface area contributed by atoms with Crippen LogP contribution in [0.25, 0.3) is 0 Å². The molecular formula is C11H8BrFN2O. The van der Waals surface area contributed by atoms with Gasteiger partial charge >= 0.3 is 0 Å². The monoisotopic (exact) mass is 282 g/mol. The maximum absolute atomic E-state index is 12.9. The maximum Gasteiger partial charge on any atom is 0.267 e. The van der Waals surface area contributed by atoms with E-state index in [2.05, 4.69) is 21.0 Å². The Hall–Kier alpha value is -1.49. The molecule has 0 amide bonds. The predicted molar refractivity (Wildman–Crippen MR) is 61.7 cm³/mol. The molecule has 2 rings (SSSR count). The Morgan fingerprint density at radius 2 is 2.12 bits per heavy atom. The van der Waals surface area contributed by atoms with Crippen LogP contribution in [0.1, 0.15) is 5.56 Å². The summed E-state index contributed by atoms with van der Waals surface area (Å²) in [5.41, 5.74) is 0.486. The molecule has 0 aliphatic carbocycles. The second-order valence-corrected chi connectivity index (χ2v) is 4.09. The van der Waals surface area contributed by atoms with Gasteiger partial charge in [0.15, 0.2) is 0 Å². The van der Waals surface area contributed by atoms with E-state index in [0.717, 1.165) is 0 Å². The molecule has 0 saturated heterocycles. The Bertz CT molecular complexity index is 568. The molecule has 0 fully saturated rings. The Balaban J connectivity index is 2.34. The van der Waals surface area contributed by atoms with Gasteiger partial charge < -0.3 is 0 Å². The first-order valence-electron chi connectivity index (χ1n) is 4.63. The van der Waals surface area contributed by atoms with Gasteiger partial charge in [0, 0.05) is 6.07 Å². The van der Waals surface area contributed by atoms with Crippen LogP contribution in [-0.2, 0) is 6.54 Å². The molecule has 5 heteroatoms. The lowest BCUT2D eigenvalue weighted by molar-refractivity contribution is 0.608. The Morgan fingerprint density at radius 3 is 2.88 bits per heavy atom. The van der Waals surface area contributed by atoms with E-state index in [1.807, 2.05) is 0 Å². The quantitative estimate of drug-likeness (QED) is 0.846. The van der Waals surface area contributed by atoms with Crippen LogP contribution in [-0.4, -0.2) is 9.78 Å². The molecule has 0 N–H and O–H groups in total. The second kappa shape index (κ2) is 4.57. The molecular weight excluding hydrogens is 275 g/mol. The average molecular weight is 283 g/mol. The molecule has 0 radical (unpaired) electrons. The number of nitrogens with zero attached hydrogens (tertiary/aromatic N) is 2. The first-order chi connectivity index (χ1) is 7.65. The van der Waals surface area contributed by atoms with Crippen LogP contribution >= 0.6 is 15.9 Å². The van der Waals surface area contributed by atoms with Crippen molar-refractivity contribution in [1.29, 1.82) is 0 Å². The molecule has 0 unspecified atom stereocenters. The SMILES string of the molecule is O=c1ccc(Br)nn1Cc1cccc(F)c1. The zero-order valence-electron chi connectivity index (χ0n) is 8.23. The molecule has 2 aromatic rings. The lowest BCUT2D eigenvalue weighted by Gasteiger charge is -2.04. The molecule has 0 aliphatic heterocycles. The van der Waals surface area contributed by atoms with Gasteiger partial charge in [-0.15, -0.1) is 0 Å². The largest absolute Gasteiger partial charge is 0.268 e. The number of rotatable bonds is 2. The molecule has 1 aromatic heterocycles. The lowest BCUT2D eigenvalue weighted by Crippen LogP contribution is -2.22. The van der Waals surface area contributed by atoms with Crippen LogP contribution < -0.4 is 5.56 Å². The van der Waals surface area contributed by atoms with Crippen molar-refractivity contribution < 1.29 is 4.39 Å². The number of aromatic nitrogens is 2. The van der Waals surface area contributed by atoms with Gasteiger partial charge in [0.25, 0.3) is 5.56 Å². The minimum atomic E-state index is -0.319. The summed E-state index contributed by atoms with van der Waals surface area (Å²) in [6.45, 7) is 0.260. The van der Waals surface area contributed by atoms with Crippen LogP contribution in [0.4, 0.5) is 4.39 Å². The van der Waals surface area contributed by atoms with E-state index in [1.54, 1.807) is 18.2 Å². The maximum atomic E-state index is 12.9. The minimum absolute atomic E-state index is 0.215. The summed E-state index contributed by atoms with van der Waals surface area (Å²) in [5, 5.41) is 4.00. The van der Waals surface area contributed by atoms with Gasteiger partial charge in [-0.25, -0.2) is 9.07 Å². The summed E-state index contributed by atoms with van der Waals surface area (Å²) >= 11 is 3.18. The minimum Gasteiger partial charge on any atom is -0.268 e. The van der Waals surface area contributed by atoms with Crippen molar-refractivity contribution in [2.24, 2.45) is 0 Å². The van der Waals surface area contributed by atoms with Crippen LogP contribution in [0.5, 0.6) is 0 Å². The fraction of sp³-hybridized carbons (Fsp3) is 0.0909. The number of halogens is 2. The molecule has 3 nitrogen and oxygen atoms in total. The van der Waals surface area contributed by atoms with Crippen molar-refractivity contribution >= 4 is 15.9 Å². The fourth-order valence-electron chi connectivity index (χ4n) is 1.35. The Labute approximate surface area is 99.7 Å². The average Bonchev–Trinajstić information content (AvgIpc) is 2.24. The molecule has 1 heterocycles. The van der Waals surface area contributed by atoms with Gasteiger partial charge in [-0.3, -0.25) is 4.79 Å². The summed E-state index contributed by atoms with van der Waals surface area (Å²) in [6.07, 6.45) is 0. The van der Waals surface area contributed by atoms with E-state index >= 15 is 0 Å². The van der Waals surface area contributed by atoms with Gasteiger partial charge in [0.1, 0.15) is 10.4 Å². The van der Waals surface area contributed by atoms with Gasteiger partial charge in [0.2, 0.25) is 0 Å². The van der Waals surface area contributed by atoms with Crippen molar-refractivity contribution in [2.45, 2.75) is 6.54 Å². The summed E-state index contributed by atoms with van der Waals surface area (Å²) in [4.78, 5) is 11.4. The summed E-state index contributed by atoms with van der Waals surface area (Å²) in [6, 6.07) is 9.09. The van der Waals surface area contributed by atoms with Crippen molar-refractivity contribution in [3.05, 3.63) is 62.7 Å². The Kier molecular flexibility index (Phi) is 3.14. The van der Waals surface area contributed by atoms with Crippen LogP contribution in [0, 0.1) is 5.82 Å². The predicted octanol–water partition coefficient (Wildman–Crippen LogP) is 2.19. The van der Waals surface area contributed by atoms with E-state index in [4.69, 9.17) is 0 Å². The smallest absolute Gasteiger partial charge is 0.267 e. The van der Waals surface area contributed by atoms with Crippen molar-refractivity contribution in [1.82, 2.24) is 9.78 Å². The normalized spacial score (nSPS) is 10.4. The van der Waals surface area contributed by atoms with Gasteiger partial charge in [-0.1, -0.05) is 12.1 Å². The molecule has 0 saturated carbocycles. The summed E-state index contributed by atoms with van der Waals surface area (Å²) < 4.78 is 14.8. The number of hydrogen-bond acceptors (Lipinski definition) is 2. The zero-order chi connectivity index (χ0) is 11.5. The highest BCUT2D eigenvalue weighted by molar-refractivity contribution is 9.10. The molecule has 0 bridgehead atoms. The first kappa shape index (κ1) is 11.0.